The molecule has 0 unspecified atom stereocenters. The van der Waals surface area contributed by atoms with E-state index in [9.17, 15) is 19.5 Å². The van der Waals surface area contributed by atoms with E-state index in [4.69, 9.17) is 9.47 Å². The van der Waals surface area contributed by atoms with Crippen molar-refractivity contribution >= 4 is 23.8 Å². The lowest BCUT2D eigenvalue weighted by atomic mass is 9.56. The number of anilines is 1. The number of piperidine rings is 1. The van der Waals surface area contributed by atoms with Crippen LogP contribution in [-0.4, -0.2) is 54.4 Å². The van der Waals surface area contributed by atoms with Crippen LogP contribution in [0, 0.1) is 23.2 Å². The molecule has 1 spiro atoms. The molecule has 6 rings (SSSR count). The van der Waals surface area contributed by atoms with Crippen LogP contribution >= 0.6 is 0 Å². The fourth-order valence-corrected chi connectivity index (χ4v) is 7.48. The zero-order chi connectivity index (χ0) is 25.9. The summed E-state index contributed by atoms with van der Waals surface area (Å²) in [6, 6.07) is 16.0. The third-order valence-corrected chi connectivity index (χ3v) is 8.84. The summed E-state index contributed by atoms with van der Waals surface area (Å²) in [5.41, 5.74) is 0.0464. The number of imide groups is 1. The number of carbonyl (C=O) groups is 3. The first-order valence-electron chi connectivity index (χ1n) is 12.4. The van der Waals surface area contributed by atoms with Gasteiger partial charge in [-0.05, 0) is 23.1 Å². The zero-order valence-corrected chi connectivity index (χ0v) is 20.4. The Labute approximate surface area is 214 Å². The molecule has 0 radical (unpaired) electrons. The van der Waals surface area contributed by atoms with Crippen LogP contribution in [0.3, 0.4) is 0 Å². The number of ether oxygens (including phenoxy) is 2. The van der Waals surface area contributed by atoms with E-state index in [-0.39, 0.29) is 25.0 Å². The first-order valence-corrected chi connectivity index (χ1v) is 12.4. The Morgan fingerprint density at radius 3 is 2.57 bits per heavy atom. The molecule has 0 aromatic heterocycles. The Kier molecular flexibility index (Phi) is 5.28. The molecule has 2 fully saturated rings. The summed E-state index contributed by atoms with van der Waals surface area (Å²) in [6.07, 6.45) is 4.41. The maximum atomic E-state index is 14.4. The summed E-state index contributed by atoms with van der Waals surface area (Å²) in [7, 11) is 1.32. The van der Waals surface area contributed by atoms with E-state index in [0.29, 0.717) is 17.8 Å². The van der Waals surface area contributed by atoms with Gasteiger partial charge in [0.25, 0.3) is 5.91 Å². The molecule has 6 atom stereocenters. The molecule has 2 aromatic rings. The molecule has 4 aliphatic rings. The van der Waals surface area contributed by atoms with Gasteiger partial charge in [0.1, 0.15) is 12.0 Å². The van der Waals surface area contributed by atoms with Gasteiger partial charge in [0.15, 0.2) is 0 Å². The van der Waals surface area contributed by atoms with Crippen LogP contribution in [0.1, 0.15) is 11.1 Å². The molecule has 1 saturated carbocycles. The first-order chi connectivity index (χ1) is 17.9. The smallest absolute Gasteiger partial charge is 0.421 e. The molecular weight excluding hydrogens is 472 g/mol. The largest absolute Gasteiger partial charge is 0.453 e. The Morgan fingerprint density at radius 1 is 1.14 bits per heavy atom. The summed E-state index contributed by atoms with van der Waals surface area (Å²) >= 11 is 0. The monoisotopic (exact) mass is 500 g/mol. The second kappa shape index (κ2) is 8.31. The highest BCUT2D eigenvalue weighted by Gasteiger charge is 2.76. The van der Waals surface area contributed by atoms with Crippen molar-refractivity contribution < 1.29 is 29.0 Å². The van der Waals surface area contributed by atoms with Crippen molar-refractivity contribution in [2.24, 2.45) is 23.2 Å². The van der Waals surface area contributed by atoms with Gasteiger partial charge in [-0.2, -0.15) is 0 Å². The number of fused-ring (bicyclic) bond motifs is 2. The third-order valence-electron chi connectivity index (χ3n) is 8.84. The van der Waals surface area contributed by atoms with Gasteiger partial charge in [-0.15, -0.1) is 6.58 Å². The number of nitrogens with zero attached hydrogens (tertiary/aromatic N) is 2. The number of hydrogen-bond donors (Lipinski definition) is 1. The maximum Gasteiger partial charge on any atom is 0.421 e. The number of allylic oxidation sites excluding steroid dienone is 1. The van der Waals surface area contributed by atoms with Crippen molar-refractivity contribution in [1.29, 1.82) is 0 Å². The van der Waals surface area contributed by atoms with E-state index in [2.05, 4.69) is 6.58 Å². The molecule has 8 heteroatoms. The Hall–Kier alpha value is -3.91. The third kappa shape index (κ3) is 2.90. The lowest BCUT2D eigenvalue weighted by Gasteiger charge is -2.45. The van der Waals surface area contributed by atoms with Gasteiger partial charge in [0.2, 0.25) is 0 Å². The van der Waals surface area contributed by atoms with Gasteiger partial charge >= 0.3 is 12.2 Å². The number of likely N-dealkylation sites (tertiary alicyclic amines) is 1. The van der Waals surface area contributed by atoms with E-state index in [1.165, 1.54) is 7.11 Å². The Bertz CT molecular complexity index is 1320. The minimum absolute atomic E-state index is 0.0297. The molecule has 2 heterocycles. The van der Waals surface area contributed by atoms with E-state index in [1.54, 1.807) is 17.0 Å². The minimum Gasteiger partial charge on any atom is -0.453 e. The topological polar surface area (TPSA) is 96.4 Å². The van der Waals surface area contributed by atoms with Crippen LogP contribution in [0.25, 0.3) is 0 Å². The maximum absolute atomic E-state index is 14.4. The van der Waals surface area contributed by atoms with Crippen molar-refractivity contribution in [2.45, 2.75) is 18.1 Å². The zero-order valence-electron chi connectivity index (χ0n) is 20.4. The molecule has 2 aliphatic heterocycles. The average Bonchev–Trinajstić information content (AvgIpc) is 3.47. The standard InChI is InChI=1S/C29H28N2O6/c1-3-28-17-30(26(34)36-2)23-19(15-32)20(28)13-14-29(24(23)28)21-11-7-8-12-22(21)31(25(29)33)27(35)37-16-18-9-5-4-6-10-18/h3-14,19-20,23-24,32H,1,15-17H2,2H3/t19-,20+,23+,24-,28-,29+/m0/s1. The molecule has 2 aromatic carbocycles. The molecular formula is C29H28N2O6. The number of aliphatic hydroxyl groups is 1. The van der Waals surface area contributed by atoms with Crippen molar-refractivity contribution in [2.75, 3.05) is 25.2 Å². The lowest BCUT2D eigenvalue weighted by Crippen LogP contribution is -2.53. The highest BCUT2D eigenvalue weighted by Crippen LogP contribution is 2.70. The molecule has 190 valence electrons. The average molecular weight is 501 g/mol. The summed E-state index contributed by atoms with van der Waals surface area (Å²) in [5, 5.41) is 10.4. The van der Waals surface area contributed by atoms with Crippen molar-refractivity contribution in [3.8, 4) is 0 Å². The predicted octanol–water partition coefficient (Wildman–Crippen LogP) is 3.66. The van der Waals surface area contributed by atoms with E-state index in [1.807, 2.05) is 60.7 Å². The highest BCUT2D eigenvalue weighted by molar-refractivity contribution is 6.22. The number of aliphatic hydroxyl groups excluding tert-OH is 1. The fraction of sp³-hybridized carbons (Fsp3) is 0.345. The summed E-state index contributed by atoms with van der Waals surface area (Å²) < 4.78 is 10.7. The predicted molar refractivity (Wildman–Crippen MR) is 134 cm³/mol. The van der Waals surface area contributed by atoms with Gasteiger partial charge in [0, 0.05) is 36.4 Å². The van der Waals surface area contributed by atoms with Gasteiger partial charge in [-0.3, -0.25) is 4.79 Å². The van der Waals surface area contributed by atoms with Crippen molar-refractivity contribution in [3.63, 3.8) is 0 Å². The Balaban J connectivity index is 1.45. The number of para-hydroxylation sites is 1. The number of methoxy groups -OCH3 is 1. The minimum atomic E-state index is -1.23. The molecule has 2 aliphatic carbocycles. The molecule has 8 nitrogen and oxygen atoms in total. The van der Waals surface area contributed by atoms with Crippen LogP contribution < -0.4 is 4.90 Å². The van der Waals surface area contributed by atoms with Gasteiger partial charge in [0.05, 0.1) is 12.8 Å². The summed E-state index contributed by atoms with van der Waals surface area (Å²) in [6.45, 7) is 4.32. The SMILES string of the molecule is C=C[C@]12CN(C(=O)OC)[C@@H]3[C@@H](CO)[C@H]1C=C[C@]1(C(=O)N(C(=O)OCc4ccccc4)c4ccccc41)[C@@H]32. The molecule has 3 amide bonds. The van der Waals surface area contributed by atoms with Crippen molar-refractivity contribution in [3.05, 3.63) is 90.5 Å². The van der Waals surface area contributed by atoms with E-state index < -0.39 is 40.9 Å². The van der Waals surface area contributed by atoms with Crippen LogP contribution in [-0.2, 0) is 26.3 Å². The summed E-state index contributed by atoms with van der Waals surface area (Å²) in [4.78, 5) is 43.4. The van der Waals surface area contributed by atoms with Crippen LogP contribution in [0.15, 0.2) is 79.4 Å². The lowest BCUT2D eigenvalue weighted by molar-refractivity contribution is -0.124. The van der Waals surface area contributed by atoms with Crippen LogP contribution in [0.4, 0.5) is 15.3 Å². The second-order valence-electron chi connectivity index (χ2n) is 10.2. The van der Waals surface area contributed by atoms with Crippen LogP contribution in [0.2, 0.25) is 0 Å². The summed E-state index contributed by atoms with van der Waals surface area (Å²) in [5.74, 6) is -1.27. The number of hydrogen-bond acceptors (Lipinski definition) is 6. The highest BCUT2D eigenvalue weighted by atomic mass is 16.6. The van der Waals surface area contributed by atoms with Crippen LogP contribution in [0.5, 0.6) is 0 Å². The van der Waals surface area contributed by atoms with Gasteiger partial charge in [-0.25, -0.2) is 14.5 Å². The van der Waals surface area contributed by atoms with Gasteiger partial charge in [-0.1, -0.05) is 66.8 Å². The molecule has 1 saturated heterocycles. The number of amides is 3. The van der Waals surface area contributed by atoms with Crippen molar-refractivity contribution in [1.82, 2.24) is 4.90 Å². The second-order valence-corrected chi connectivity index (χ2v) is 10.2. The molecule has 37 heavy (non-hydrogen) atoms. The number of carbonyl (C=O) groups excluding carboxylic acids is 3. The normalized spacial score (nSPS) is 32.5. The Morgan fingerprint density at radius 2 is 1.86 bits per heavy atom. The molecule has 4 bridgehead atoms. The number of benzene rings is 2. The molecule has 1 N–H and O–H groups in total. The van der Waals surface area contributed by atoms with E-state index in [0.717, 1.165) is 10.5 Å². The fourth-order valence-electron chi connectivity index (χ4n) is 7.48. The quantitative estimate of drug-likeness (QED) is 0.644. The number of rotatable bonds is 4. The van der Waals surface area contributed by atoms with Gasteiger partial charge < -0.3 is 19.5 Å². The van der Waals surface area contributed by atoms with E-state index >= 15 is 0 Å². The first kappa shape index (κ1) is 23.5.